The highest BCUT2D eigenvalue weighted by atomic mass is 32.1. The lowest BCUT2D eigenvalue weighted by molar-refractivity contribution is 0.696. The molecule has 0 bridgehead atoms. The molecular weight excluding hydrogens is 286 g/mol. The number of hydrogen-bond donors (Lipinski definition) is 1. The third-order valence-electron chi connectivity index (χ3n) is 3.55. The molecule has 0 saturated heterocycles. The molecule has 2 aromatic heterocycles. The Bertz CT molecular complexity index is 643. The summed E-state index contributed by atoms with van der Waals surface area (Å²) in [6.07, 6.45) is 8.14. The van der Waals surface area contributed by atoms with Crippen molar-refractivity contribution >= 4 is 29.2 Å². The van der Waals surface area contributed by atoms with E-state index in [1.807, 2.05) is 22.6 Å². The monoisotopic (exact) mass is 301 g/mol. The van der Waals surface area contributed by atoms with Gasteiger partial charge in [-0.15, -0.1) is 11.3 Å². The van der Waals surface area contributed by atoms with E-state index in [1.54, 1.807) is 17.5 Å². The van der Waals surface area contributed by atoms with Crippen LogP contribution in [0.15, 0.2) is 24.5 Å². The third kappa shape index (κ3) is 2.54. The van der Waals surface area contributed by atoms with Crippen LogP contribution in [0.25, 0.3) is 0 Å². The second kappa shape index (κ2) is 5.86. The first-order chi connectivity index (χ1) is 9.79. The van der Waals surface area contributed by atoms with Gasteiger partial charge in [0.2, 0.25) is 0 Å². The van der Waals surface area contributed by atoms with Gasteiger partial charge in [-0.2, -0.15) is 5.26 Å². The number of aromatic nitrogens is 1. The van der Waals surface area contributed by atoms with Gasteiger partial charge in [-0.1, -0.05) is 18.9 Å². The molecule has 102 valence electrons. The zero-order valence-electron chi connectivity index (χ0n) is 11.0. The number of fused-ring (bicyclic) bond motifs is 1. The minimum absolute atomic E-state index is 0.658. The Morgan fingerprint density at radius 3 is 3.00 bits per heavy atom. The van der Waals surface area contributed by atoms with Crippen molar-refractivity contribution in [3.63, 3.8) is 0 Å². The largest absolute Gasteiger partial charge is 0.304 e. The Labute approximate surface area is 128 Å². The van der Waals surface area contributed by atoms with E-state index < -0.39 is 0 Å². The fourth-order valence-electron chi connectivity index (χ4n) is 2.58. The molecule has 0 amide bonds. The summed E-state index contributed by atoms with van der Waals surface area (Å²) < 4.78 is 1.87. The zero-order chi connectivity index (χ0) is 13.9. The predicted octanol–water partition coefficient (Wildman–Crippen LogP) is 3.74. The van der Waals surface area contributed by atoms with Crippen molar-refractivity contribution in [2.75, 3.05) is 4.31 Å². The average molecular weight is 301 g/mol. The number of nitrogens with zero attached hydrogens (tertiary/aromatic N) is 3. The van der Waals surface area contributed by atoms with Crippen LogP contribution in [-0.4, -0.2) is 4.98 Å². The highest BCUT2D eigenvalue weighted by Gasteiger charge is 2.23. The van der Waals surface area contributed by atoms with Crippen molar-refractivity contribution in [3.05, 3.63) is 46.1 Å². The van der Waals surface area contributed by atoms with Gasteiger partial charge in [0.25, 0.3) is 0 Å². The summed E-state index contributed by atoms with van der Waals surface area (Å²) in [5.74, 6) is 0. The predicted molar refractivity (Wildman–Crippen MR) is 85.1 cm³/mol. The number of thiophene rings is 1. The van der Waals surface area contributed by atoms with Crippen LogP contribution in [0.2, 0.25) is 0 Å². The smallest absolute Gasteiger partial charge is 0.120 e. The number of anilines is 1. The molecule has 5 heteroatoms. The van der Waals surface area contributed by atoms with Gasteiger partial charge in [-0.25, -0.2) is 0 Å². The Morgan fingerprint density at radius 1 is 1.40 bits per heavy atom. The molecule has 0 saturated carbocycles. The maximum Gasteiger partial charge on any atom is 0.120 e. The lowest BCUT2D eigenvalue weighted by Crippen LogP contribution is -2.10. The molecule has 1 aliphatic carbocycles. The summed E-state index contributed by atoms with van der Waals surface area (Å²) >= 11 is 6.30. The lowest BCUT2D eigenvalue weighted by Gasteiger charge is -2.16. The molecule has 2 heterocycles. The van der Waals surface area contributed by atoms with Gasteiger partial charge in [-0.3, -0.25) is 4.98 Å². The first-order valence-corrected chi connectivity index (χ1v) is 7.91. The topological polar surface area (TPSA) is 39.9 Å². The van der Waals surface area contributed by atoms with E-state index in [0.29, 0.717) is 6.54 Å². The summed E-state index contributed by atoms with van der Waals surface area (Å²) in [6.45, 7) is 0.658. The summed E-state index contributed by atoms with van der Waals surface area (Å²) in [5.41, 5.74) is 3.17. The van der Waals surface area contributed by atoms with Gasteiger partial charge < -0.3 is 4.31 Å². The SMILES string of the molecule is N#Cc1c(N(S)Cc2cccnc2)sc2c1CCCC2. The Balaban J connectivity index is 1.90. The number of pyridine rings is 1. The van der Waals surface area contributed by atoms with Gasteiger partial charge in [-0.05, 0) is 42.9 Å². The van der Waals surface area contributed by atoms with Gasteiger partial charge in [0.1, 0.15) is 11.1 Å². The van der Waals surface area contributed by atoms with E-state index in [2.05, 4.69) is 23.9 Å². The summed E-state index contributed by atoms with van der Waals surface area (Å²) in [5, 5.41) is 10.4. The second-order valence-corrected chi connectivity index (χ2v) is 6.49. The molecule has 0 aromatic carbocycles. The number of nitriles is 1. The Morgan fingerprint density at radius 2 is 2.25 bits per heavy atom. The van der Waals surface area contributed by atoms with Crippen LogP contribution in [0, 0.1) is 11.3 Å². The molecule has 0 fully saturated rings. The lowest BCUT2D eigenvalue weighted by atomic mass is 9.96. The molecule has 0 unspecified atom stereocenters. The first-order valence-electron chi connectivity index (χ1n) is 6.69. The van der Waals surface area contributed by atoms with Crippen molar-refractivity contribution in [1.29, 1.82) is 5.26 Å². The first kappa shape index (κ1) is 13.5. The molecule has 0 spiro atoms. The van der Waals surface area contributed by atoms with Crippen LogP contribution in [0.4, 0.5) is 5.00 Å². The zero-order valence-corrected chi connectivity index (χ0v) is 12.8. The summed E-state index contributed by atoms with van der Waals surface area (Å²) in [7, 11) is 0. The fraction of sp³-hybridized carbons (Fsp3) is 0.333. The number of rotatable bonds is 3. The van der Waals surface area contributed by atoms with Crippen molar-refractivity contribution in [1.82, 2.24) is 4.98 Å². The maximum atomic E-state index is 9.46. The quantitative estimate of drug-likeness (QED) is 0.878. The van der Waals surface area contributed by atoms with E-state index in [4.69, 9.17) is 0 Å². The normalized spacial score (nSPS) is 13.6. The molecule has 0 aliphatic heterocycles. The van der Waals surface area contributed by atoms with Crippen molar-refractivity contribution in [3.8, 4) is 6.07 Å². The summed E-state index contributed by atoms with van der Waals surface area (Å²) in [6, 6.07) is 6.32. The third-order valence-corrected chi connectivity index (χ3v) is 5.35. The molecule has 0 atom stereocenters. The van der Waals surface area contributed by atoms with E-state index in [-0.39, 0.29) is 0 Å². The van der Waals surface area contributed by atoms with Crippen molar-refractivity contribution in [2.45, 2.75) is 32.2 Å². The maximum absolute atomic E-state index is 9.46. The molecule has 0 radical (unpaired) electrons. The molecule has 20 heavy (non-hydrogen) atoms. The minimum Gasteiger partial charge on any atom is -0.304 e. The van der Waals surface area contributed by atoms with E-state index in [1.165, 1.54) is 23.3 Å². The van der Waals surface area contributed by atoms with Gasteiger partial charge in [0.15, 0.2) is 0 Å². The standard InChI is InChI=1S/C15H15N3S2/c16-8-13-12-5-1-2-6-14(12)20-15(13)18(19)10-11-4-3-7-17-9-11/h3-4,7,9,19H,1-2,5-6,10H2. The Kier molecular flexibility index (Phi) is 3.95. The highest BCUT2D eigenvalue weighted by Crippen LogP contribution is 2.40. The second-order valence-electron chi connectivity index (χ2n) is 4.92. The van der Waals surface area contributed by atoms with Crippen LogP contribution >= 0.6 is 24.2 Å². The van der Waals surface area contributed by atoms with Gasteiger partial charge in [0.05, 0.1) is 12.1 Å². The van der Waals surface area contributed by atoms with Crippen LogP contribution in [0.1, 0.15) is 34.4 Å². The average Bonchev–Trinajstić information content (AvgIpc) is 2.87. The molecule has 3 rings (SSSR count). The van der Waals surface area contributed by atoms with E-state index in [0.717, 1.165) is 29.0 Å². The minimum atomic E-state index is 0.658. The van der Waals surface area contributed by atoms with Crippen LogP contribution in [0.3, 0.4) is 0 Å². The van der Waals surface area contributed by atoms with Crippen LogP contribution < -0.4 is 4.31 Å². The number of aryl methyl sites for hydroxylation is 1. The summed E-state index contributed by atoms with van der Waals surface area (Å²) in [4.78, 5) is 5.49. The number of thiol groups is 1. The van der Waals surface area contributed by atoms with E-state index in [9.17, 15) is 5.26 Å². The van der Waals surface area contributed by atoms with Crippen LogP contribution in [0.5, 0.6) is 0 Å². The van der Waals surface area contributed by atoms with E-state index >= 15 is 0 Å². The van der Waals surface area contributed by atoms with Crippen LogP contribution in [-0.2, 0) is 19.4 Å². The fourth-order valence-corrected chi connectivity index (χ4v) is 4.22. The Hall–Kier alpha value is -1.51. The molecule has 1 aliphatic rings. The molecule has 0 N–H and O–H groups in total. The van der Waals surface area contributed by atoms with Gasteiger partial charge in [0, 0.05) is 17.3 Å². The molecule has 2 aromatic rings. The van der Waals surface area contributed by atoms with Crippen molar-refractivity contribution in [2.24, 2.45) is 0 Å². The van der Waals surface area contributed by atoms with Gasteiger partial charge >= 0.3 is 0 Å². The molecular formula is C15H15N3S2. The highest BCUT2D eigenvalue weighted by molar-refractivity contribution is 7.82. The molecule has 3 nitrogen and oxygen atoms in total. The number of hydrogen-bond acceptors (Lipinski definition) is 5. The van der Waals surface area contributed by atoms with Crippen molar-refractivity contribution < 1.29 is 0 Å².